The van der Waals surface area contributed by atoms with Crippen molar-refractivity contribution < 1.29 is 14.7 Å². The summed E-state index contributed by atoms with van der Waals surface area (Å²) in [6, 6.07) is 5.49. The highest BCUT2D eigenvalue weighted by atomic mass is 16.4. The number of hydrogen-bond acceptors (Lipinski definition) is 3. The Morgan fingerprint density at radius 3 is 2.74 bits per heavy atom. The number of carbonyl (C=O) groups excluding carboxylic acids is 1. The lowest BCUT2D eigenvalue weighted by Gasteiger charge is -2.29. The number of aromatic nitrogens is 2. The molecule has 0 saturated heterocycles. The Labute approximate surface area is 158 Å². The second kappa shape index (κ2) is 6.83. The predicted octanol–water partition coefficient (Wildman–Crippen LogP) is 3.63. The van der Waals surface area contributed by atoms with Gasteiger partial charge in [-0.3, -0.25) is 9.48 Å². The Morgan fingerprint density at radius 1 is 1.30 bits per heavy atom. The van der Waals surface area contributed by atoms with E-state index in [-0.39, 0.29) is 17.5 Å². The highest BCUT2D eigenvalue weighted by Crippen LogP contribution is 2.43. The van der Waals surface area contributed by atoms with Crippen molar-refractivity contribution in [2.24, 2.45) is 0 Å². The molecule has 0 radical (unpaired) electrons. The topological polar surface area (TPSA) is 75.4 Å². The van der Waals surface area contributed by atoms with Crippen molar-refractivity contribution in [2.45, 2.75) is 58.0 Å². The zero-order valence-corrected chi connectivity index (χ0v) is 15.8. The number of carboxylic acids is 1. The fourth-order valence-corrected chi connectivity index (χ4v) is 3.86. The molecule has 1 saturated carbocycles. The quantitative estimate of drug-likeness (QED) is 0.876. The zero-order chi connectivity index (χ0) is 19.1. The van der Waals surface area contributed by atoms with Gasteiger partial charge in [0.1, 0.15) is 0 Å². The summed E-state index contributed by atoms with van der Waals surface area (Å²) in [5.41, 5.74) is 4.12. The zero-order valence-electron chi connectivity index (χ0n) is 15.8. The number of benzene rings is 1. The lowest BCUT2D eigenvalue weighted by atomic mass is 9.96. The van der Waals surface area contributed by atoms with E-state index < -0.39 is 5.97 Å². The molecule has 2 aliphatic rings. The van der Waals surface area contributed by atoms with Crippen LogP contribution in [0.3, 0.4) is 0 Å². The van der Waals surface area contributed by atoms with Crippen molar-refractivity contribution in [3.8, 4) is 0 Å². The van der Waals surface area contributed by atoms with Gasteiger partial charge in [-0.15, -0.1) is 0 Å². The number of hydrogen-bond donors (Lipinski definition) is 1. The summed E-state index contributed by atoms with van der Waals surface area (Å²) in [5.74, 6) is -0.485. The fraction of sp³-hybridized carbons (Fsp3) is 0.476. The highest BCUT2D eigenvalue weighted by Gasteiger charge is 2.35. The van der Waals surface area contributed by atoms with Crippen LogP contribution < -0.4 is 0 Å². The molecular weight excluding hydrogens is 342 g/mol. The van der Waals surface area contributed by atoms with Crippen molar-refractivity contribution in [1.82, 2.24) is 14.7 Å². The Bertz CT molecular complexity index is 898. The van der Waals surface area contributed by atoms with E-state index in [1.54, 1.807) is 18.3 Å². The molecule has 27 heavy (non-hydrogen) atoms. The predicted molar refractivity (Wildman–Crippen MR) is 101 cm³/mol. The molecule has 6 nitrogen and oxygen atoms in total. The molecule has 4 rings (SSSR count). The Kier molecular flexibility index (Phi) is 4.50. The average molecular weight is 367 g/mol. The maximum Gasteiger partial charge on any atom is 0.335 e. The first-order chi connectivity index (χ1) is 13.0. The second-order valence-electron chi connectivity index (χ2n) is 7.68. The molecule has 1 aliphatic carbocycles. The number of carboxylic acid groups (broad SMARTS) is 1. The molecule has 2 aromatic rings. The van der Waals surface area contributed by atoms with Gasteiger partial charge in [-0.2, -0.15) is 5.10 Å². The fourth-order valence-electron chi connectivity index (χ4n) is 3.86. The van der Waals surface area contributed by atoms with Gasteiger partial charge in [0.2, 0.25) is 0 Å². The number of carbonyl (C=O) groups is 2. The maximum atomic E-state index is 13.3. The smallest absolute Gasteiger partial charge is 0.335 e. The van der Waals surface area contributed by atoms with Crippen LogP contribution in [0.2, 0.25) is 0 Å². The summed E-state index contributed by atoms with van der Waals surface area (Å²) >= 11 is 0. The molecule has 1 unspecified atom stereocenters. The summed E-state index contributed by atoms with van der Waals surface area (Å²) in [6.45, 7) is 5.37. The SMILES string of the molecule is CCC(C)n1ncc(C(=O)N2CCc3ccc(C(=O)O)cc3C2)c1C1CC1. The van der Waals surface area contributed by atoms with E-state index in [4.69, 9.17) is 0 Å². The van der Waals surface area contributed by atoms with Gasteiger partial charge in [0, 0.05) is 25.0 Å². The van der Waals surface area contributed by atoms with Crippen LogP contribution in [0.4, 0.5) is 0 Å². The third kappa shape index (κ3) is 3.24. The Morgan fingerprint density at radius 2 is 2.07 bits per heavy atom. The molecule has 6 heteroatoms. The molecule has 1 amide bonds. The minimum Gasteiger partial charge on any atom is -0.478 e. The van der Waals surface area contributed by atoms with Crippen LogP contribution in [-0.4, -0.2) is 38.2 Å². The number of aromatic carboxylic acids is 1. The molecule has 1 aliphatic heterocycles. The molecule has 0 spiro atoms. The van der Waals surface area contributed by atoms with Crippen molar-refractivity contribution >= 4 is 11.9 Å². The molecule has 1 aromatic heterocycles. The van der Waals surface area contributed by atoms with Gasteiger partial charge >= 0.3 is 5.97 Å². The van der Waals surface area contributed by atoms with E-state index in [2.05, 4.69) is 18.9 Å². The summed E-state index contributed by atoms with van der Waals surface area (Å²) in [5, 5.41) is 13.8. The van der Waals surface area contributed by atoms with Crippen LogP contribution in [0.15, 0.2) is 24.4 Å². The van der Waals surface area contributed by atoms with E-state index in [1.165, 1.54) is 0 Å². The van der Waals surface area contributed by atoms with Crippen LogP contribution >= 0.6 is 0 Å². The van der Waals surface area contributed by atoms with Crippen molar-refractivity contribution in [3.05, 3.63) is 52.3 Å². The van der Waals surface area contributed by atoms with Gasteiger partial charge < -0.3 is 10.0 Å². The van der Waals surface area contributed by atoms with Crippen LogP contribution in [-0.2, 0) is 13.0 Å². The number of amides is 1. The summed E-state index contributed by atoms with van der Waals surface area (Å²) in [6.07, 6.45) is 5.69. The monoisotopic (exact) mass is 367 g/mol. The molecular formula is C21H25N3O3. The summed E-state index contributed by atoms with van der Waals surface area (Å²) < 4.78 is 2.03. The van der Waals surface area contributed by atoms with Crippen molar-refractivity contribution in [2.75, 3.05) is 6.54 Å². The molecule has 1 atom stereocenters. The second-order valence-corrected chi connectivity index (χ2v) is 7.68. The third-order valence-electron chi connectivity index (χ3n) is 5.79. The van der Waals surface area contributed by atoms with Crippen LogP contribution in [0.5, 0.6) is 0 Å². The minimum absolute atomic E-state index is 0.0119. The largest absolute Gasteiger partial charge is 0.478 e. The summed E-state index contributed by atoms with van der Waals surface area (Å²) in [7, 11) is 0. The number of fused-ring (bicyclic) bond motifs is 1. The van der Waals surface area contributed by atoms with Crippen molar-refractivity contribution in [1.29, 1.82) is 0 Å². The van der Waals surface area contributed by atoms with E-state index in [0.29, 0.717) is 19.0 Å². The third-order valence-corrected chi connectivity index (χ3v) is 5.79. The molecule has 1 fully saturated rings. The normalized spacial score (nSPS) is 17.5. The minimum atomic E-state index is -0.938. The molecule has 1 aromatic carbocycles. The molecule has 1 N–H and O–H groups in total. The van der Waals surface area contributed by atoms with Gasteiger partial charge in [0.05, 0.1) is 23.0 Å². The molecule has 142 valence electrons. The Balaban J connectivity index is 1.62. The maximum absolute atomic E-state index is 13.3. The number of nitrogens with zero attached hydrogens (tertiary/aromatic N) is 3. The number of rotatable bonds is 5. The van der Waals surface area contributed by atoms with Gasteiger partial charge in [-0.25, -0.2) is 4.79 Å². The van der Waals surface area contributed by atoms with Gasteiger partial charge in [-0.1, -0.05) is 13.0 Å². The van der Waals surface area contributed by atoms with Crippen LogP contribution in [0.25, 0.3) is 0 Å². The standard InChI is InChI=1S/C21H25N3O3/c1-3-13(2)24-19(15-5-6-15)18(11-22-24)20(25)23-9-8-14-4-7-16(21(26)27)10-17(14)12-23/h4,7,10-11,13,15H,3,5-6,8-9,12H2,1-2H3,(H,26,27). The average Bonchev–Trinajstić information content (AvgIpc) is 3.43. The van der Waals surface area contributed by atoms with Crippen molar-refractivity contribution in [3.63, 3.8) is 0 Å². The molecule has 2 heterocycles. The van der Waals surface area contributed by atoms with Crippen LogP contribution in [0.1, 0.15) is 82.6 Å². The van der Waals surface area contributed by atoms with E-state index in [9.17, 15) is 14.7 Å². The van der Waals surface area contributed by atoms with Gasteiger partial charge in [0.15, 0.2) is 0 Å². The Hall–Kier alpha value is -2.63. The molecule has 0 bridgehead atoms. The van der Waals surface area contributed by atoms with E-state index in [1.807, 2.05) is 15.6 Å². The summed E-state index contributed by atoms with van der Waals surface area (Å²) in [4.78, 5) is 26.3. The lowest BCUT2D eigenvalue weighted by molar-refractivity contribution is 0.0696. The highest BCUT2D eigenvalue weighted by molar-refractivity contribution is 5.95. The first-order valence-corrected chi connectivity index (χ1v) is 9.71. The lowest BCUT2D eigenvalue weighted by Crippen LogP contribution is -2.36. The van der Waals surface area contributed by atoms with Crippen LogP contribution in [0, 0.1) is 0 Å². The van der Waals surface area contributed by atoms with Gasteiger partial charge in [0.25, 0.3) is 5.91 Å². The first-order valence-electron chi connectivity index (χ1n) is 9.71. The van der Waals surface area contributed by atoms with Gasteiger partial charge in [-0.05, 0) is 55.9 Å². The first kappa shape index (κ1) is 17.8. The van der Waals surface area contributed by atoms with E-state index >= 15 is 0 Å². The van der Waals surface area contributed by atoms with E-state index in [0.717, 1.165) is 48.1 Å².